The summed E-state index contributed by atoms with van der Waals surface area (Å²) in [4.78, 5) is 73.1. The van der Waals surface area contributed by atoms with Gasteiger partial charge in [-0.1, -0.05) is 51.0 Å². The smallest absolute Gasteiger partial charge is 0.303 e. The van der Waals surface area contributed by atoms with Crippen LogP contribution in [0.25, 0.3) is 0 Å². The van der Waals surface area contributed by atoms with E-state index in [1.807, 2.05) is 26.0 Å². The molecule has 0 radical (unpaired) electrons. The Kier molecular flexibility index (Phi) is 11.1. The highest BCUT2D eigenvalue weighted by atomic mass is 16.8. The number of aliphatic hydroxyl groups is 4. The molecule has 14 heteroatoms. The van der Waals surface area contributed by atoms with Gasteiger partial charge in [0.2, 0.25) is 11.6 Å². The quantitative estimate of drug-likeness (QED) is 0.278. The minimum absolute atomic E-state index is 0.00510. The van der Waals surface area contributed by atoms with E-state index in [1.165, 1.54) is 13.8 Å². The SMILES string of the molecule is CC(=O)OCC(=O)[C@@]1(O)[C@H](O)C[C@H]2[C@@H]3CCC4=CC(=O)C=C[C@]4(C)[C@H]3[C@@H](O)C[C@@]21C.CC(=O)OCC(=O)[C@@]12OC(C)(C)O[C@@H]1C[C@H]1[C@@H]3CCC4=CC(=O)C=C[C@]4(C)[C@H]3[C@@H](O)C[C@@]12C. The van der Waals surface area contributed by atoms with Gasteiger partial charge in [-0.2, -0.15) is 0 Å². The van der Waals surface area contributed by atoms with Gasteiger partial charge in [-0.15, -0.1) is 0 Å². The highest BCUT2D eigenvalue weighted by Gasteiger charge is 2.77. The number of rotatable bonds is 6. The van der Waals surface area contributed by atoms with Gasteiger partial charge in [0.25, 0.3) is 0 Å². The van der Waals surface area contributed by atoms with E-state index in [4.69, 9.17) is 18.9 Å². The monoisotopic (exact) mass is 876 g/mol. The molecule has 14 nitrogen and oxygen atoms in total. The Hall–Kier alpha value is -3.66. The summed E-state index contributed by atoms with van der Waals surface area (Å²) in [5.74, 6) is -3.35. The fourth-order valence-electron chi connectivity index (χ4n) is 15.3. The molecule has 16 atom stereocenters. The molecular weight excluding hydrogens is 813 g/mol. The molecule has 1 aliphatic heterocycles. The first kappa shape index (κ1) is 45.9. The van der Waals surface area contributed by atoms with Gasteiger partial charge in [-0.25, -0.2) is 0 Å². The third-order valence-electron chi connectivity index (χ3n) is 17.9. The first-order valence-corrected chi connectivity index (χ1v) is 22.7. The highest BCUT2D eigenvalue weighted by Crippen LogP contribution is 2.71. The van der Waals surface area contributed by atoms with Crippen molar-refractivity contribution in [3.05, 3.63) is 47.6 Å². The van der Waals surface area contributed by atoms with E-state index in [-0.39, 0.29) is 77.7 Å². The number of esters is 2. The van der Waals surface area contributed by atoms with Crippen molar-refractivity contribution in [2.24, 2.45) is 57.2 Å². The molecule has 4 N–H and O–H groups in total. The van der Waals surface area contributed by atoms with Crippen LogP contribution in [-0.4, -0.2) is 110 Å². The van der Waals surface area contributed by atoms with E-state index < -0.39 is 82.0 Å². The first-order chi connectivity index (χ1) is 29.3. The average molecular weight is 877 g/mol. The fraction of sp³-hybridized carbons (Fsp3) is 0.714. The lowest BCUT2D eigenvalue weighted by molar-refractivity contribution is -0.225. The largest absolute Gasteiger partial charge is 0.458 e. The van der Waals surface area contributed by atoms with Crippen molar-refractivity contribution >= 4 is 35.1 Å². The number of aliphatic hydroxyl groups excluding tert-OH is 3. The van der Waals surface area contributed by atoms with E-state index in [1.54, 1.807) is 45.1 Å². The van der Waals surface area contributed by atoms with Crippen LogP contribution in [0.4, 0.5) is 0 Å². The van der Waals surface area contributed by atoms with Crippen LogP contribution in [-0.2, 0) is 47.7 Å². The van der Waals surface area contributed by atoms with Crippen LogP contribution < -0.4 is 0 Å². The molecule has 63 heavy (non-hydrogen) atoms. The van der Waals surface area contributed by atoms with Gasteiger partial charge in [-0.3, -0.25) is 28.8 Å². The van der Waals surface area contributed by atoms with Gasteiger partial charge < -0.3 is 39.4 Å². The van der Waals surface area contributed by atoms with Crippen molar-refractivity contribution in [1.29, 1.82) is 0 Å². The Balaban J connectivity index is 0.000000174. The minimum atomic E-state index is -2.09. The van der Waals surface area contributed by atoms with Crippen LogP contribution in [0.3, 0.4) is 0 Å². The number of Topliss-reactive ketones (excluding diaryl/α,β-unsaturated/α-hetero) is 2. The molecule has 6 saturated carbocycles. The van der Waals surface area contributed by atoms with Crippen molar-refractivity contribution in [1.82, 2.24) is 0 Å². The normalized spacial score (nSPS) is 47.1. The molecule has 9 rings (SSSR count). The molecule has 344 valence electrons. The summed E-state index contributed by atoms with van der Waals surface area (Å²) in [6, 6.07) is 0. The van der Waals surface area contributed by atoms with E-state index in [0.29, 0.717) is 25.7 Å². The zero-order valence-electron chi connectivity index (χ0n) is 37.7. The van der Waals surface area contributed by atoms with E-state index in [9.17, 15) is 49.2 Å². The van der Waals surface area contributed by atoms with Gasteiger partial charge in [0.1, 0.15) is 0 Å². The molecule has 9 aliphatic rings. The maximum atomic E-state index is 13.7. The van der Waals surface area contributed by atoms with Gasteiger partial charge in [0.15, 0.2) is 41.8 Å². The predicted molar refractivity (Wildman–Crippen MR) is 224 cm³/mol. The Labute approximate surface area is 368 Å². The lowest BCUT2D eigenvalue weighted by Gasteiger charge is -2.59. The van der Waals surface area contributed by atoms with Gasteiger partial charge in [-0.05, 0) is 113 Å². The third kappa shape index (κ3) is 6.61. The lowest BCUT2D eigenvalue weighted by Crippen LogP contribution is -2.64. The second-order valence-corrected chi connectivity index (χ2v) is 21.4. The number of ketones is 4. The number of fused-ring (bicyclic) bond motifs is 12. The molecular formula is C49H64O14. The maximum Gasteiger partial charge on any atom is 0.303 e. The highest BCUT2D eigenvalue weighted by molar-refractivity contribution is 6.02. The number of carbonyl (C=O) groups is 6. The Morgan fingerprint density at radius 1 is 0.698 bits per heavy atom. The Morgan fingerprint density at radius 3 is 1.65 bits per heavy atom. The van der Waals surface area contributed by atoms with Crippen molar-refractivity contribution in [3.63, 3.8) is 0 Å². The summed E-state index contributed by atoms with van der Waals surface area (Å²) >= 11 is 0. The average Bonchev–Trinajstić information content (AvgIpc) is 3.70. The van der Waals surface area contributed by atoms with Crippen molar-refractivity contribution < 1.29 is 68.1 Å². The predicted octanol–water partition coefficient (Wildman–Crippen LogP) is 4.00. The Morgan fingerprint density at radius 2 is 1.16 bits per heavy atom. The molecule has 0 aromatic rings. The number of carbonyl (C=O) groups excluding carboxylic acids is 6. The molecule has 0 aromatic heterocycles. The first-order valence-electron chi connectivity index (χ1n) is 22.7. The zero-order valence-corrected chi connectivity index (χ0v) is 37.7. The molecule has 1 saturated heterocycles. The van der Waals surface area contributed by atoms with Crippen LogP contribution in [0.15, 0.2) is 47.6 Å². The fourth-order valence-corrected chi connectivity index (χ4v) is 15.3. The molecule has 0 spiro atoms. The van der Waals surface area contributed by atoms with E-state index in [2.05, 4.69) is 6.92 Å². The number of ether oxygens (including phenoxy) is 4. The summed E-state index contributed by atoms with van der Waals surface area (Å²) in [5, 5.41) is 45.2. The van der Waals surface area contributed by atoms with Gasteiger partial charge in [0, 0.05) is 47.3 Å². The lowest BCUT2D eigenvalue weighted by atomic mass is 9.46. The molecule has 0 bridgehead atoms. The molecule has 0 amide bonds. The van der Waals surface area contributed by atoms with Crippen LogP contribution in [0.5, 0.6) is 0 Å². The van der Waals surface area contributed by atoms with Gasteiger partial charge in [0.05, 0.1) is 24.4 Å². The molecule has 1 heterocycles. The maximum absolute atomic E-state index is 13.7. The summed E-state index contributed by atoms with van der Waals surface area (Å²) < 4.78 is 22.7. The Bertz CT molecular complexity index is 2130. The van der Waals surface area contributed by atoms with E-state index >= 15 is 0 Å². The molecule has 7 fully saturated rings. The molecule has 0 unspecified atom stereocenters. The zero-order chi connectivity index (χ0) is 46.0. The summed E-state index contributed by atoms with van der Waals surface area (Å²) in [6.07, 6.45) is 11.6. The minimum Gasteiger partial charge on any atom is -0.458 e. The molecule has 8 aliphatic carbocycles. The van der Waals surface area contributed by atoms with Crippen LogP contribution in [0.2, 0.25) is 0 Å². The van der Waals surface area contributed by atoms with Crippen LogP contribution in [0, 0.1) is 57.2 Å². The number of hydrogen-bond acceptors (Lipinski definition) is 14. The van der Waals surface area contributed by atoms with Crippen LogP contribution >= 0.6 is 0 Å². The van der Waals surface area contributed by atoms with E-state index in [0.717, 1.165) is 24.0 Å². The third-order valence-corrected chi connectivity index (χ3v) is 17.9. The number of hydrogen-bond donors (Lipinski definition) is 4. The standard InChI is InChI=1S/C26H34O7.C23H30O7/c1-14(27)31-13-20(30)26-21(32-23(2,3)33-26)11-18-17-7-6-15-10-16(28)8-9-24(15,4)22(17)19(29)12-25(18,26)5;1-12(24)30-11-19(28)23(29)18(27)9-16-15-5-4-13-8-14(25)6-7-21(13,2)20(15)17(26)10-22(16,23)3/h8-10,17-19,21-22,29H,6-7,11-13H2,1-5H3;6-8,15-18,20,26-27,29H,4-5,9-11H2,1-3H3/t17-,18-,19-,21+,22+,24-,25-,26+;15-,16-,17-,18+,20+,21-,22-,23-/m00/s1. The second kappa shape index (κ2) is 15.2. The van der Waals surface area contributed by atoms with Crippen molar-refractivity contribution in [2.75, 3.05) is 13.2 Å². The summed E-state index contributed by atoms with van der Waals surface area (Å²) in [7, 11) is 0. The second-order valence-electron chi connectivity index (χ2n) is 21.4. The van der Waals surface area contributed by atoms with Gasteiger partial charge >= 0.3 is 11.9 Å². The van der Waals surface area contributed by atoms with Crippen LogP contribution in [0.1, 0.15) is 107 Å². The number of allylic oxidation sites excluding steroid dienone is 8. The van der Waals surface area contributed by atoms with Crippen molar-refractivity contribution in [2.45, 2.75) is 148 Å². The summed E-state index contributed by atoms with van der Waals surface area (Å²) in [6.45, 7) is 13.0. The van der Waals surface area contributed by atoms with Crippen molar-refractivity contribution in [3.8, 4) is 0 Å². The summed E-state index contributed by atoms with van der Waals surface area (Å²) in [5.41, 5.74) is -3.84. The molecule has 0 aromatic carbocycles. The topological polar surface area (TPSA) is 220 Å².